The van der Waals surface area contributed by atoms with Gasteiger partial charge in [-0.3, -0.25) is 9.98 Å². The lowest BCUT2D eigenvalue weighted by Gasteiger charge is -2.28. The zero-order valence-electron chi connectivity index (χ0n) is 9.43. The van der Waals surface area contributed by atoms with Crippen molar-refractivity contribution >= 4 is 5.96 Å². The maximum atomic E-state index is 4.61. The first kappa shape index (κ1) is 9.63. The van der Waals surface area contributed by atoms with Crippen molar-refractivity contribution in [3.05, 3.63) is 30.1 Å². The standard InChI is InChI=1S/C12H16N4/c1-9-7-16-8-11(6-14-12(16)15-9)10-2-4-13-5-3-10/h2-5,9,11H,6-8H2,1H3,(H,14,15). The van der Waals surface area contributed by atoms with Gasteiger partial charge in [-0.25, -0.2) is 0 Å². The molecule has 1 fully saturated rings. The second-order valence-corrected chi connectivity index (χ2v) is 4.59. The Kier molecular flexibility index (Phi) is 2.27. The first-order valence-corrected chi connectivity index (χ1v) is 5.79. The molecule has 0 radical (unpaired) electrons. The Morgan fingerprint density at radius 3 is 2.94 bits per heavy atom. The Balaban J connectivity index is 1.79. The maximum absolute atomic E-state index is 4.61. The minimum absolute atomic E-state index is 0.513. The Bertz CT molecular complexity index is 401. The predicted octanol–water partition coefficient (Wildman–Crippen LogP) is 0.828. The van der Waals surface area contributed by atoms with Crippen molar-refractivity contribution in [1.82, 2.24) is 15.2 Å². The van der Waals surface area contributed by atoms with Gasteiger partial charge in [0.25, 0.3) is 0 Å². The second kappa shape index (κ2) is 3.77. The summed E-state index contributed by atoms with van der Waals surface area (Å²) in [5.41, 5.74) is 1.34. The molecule has 0 saturated carbocycles. The molecule has 0 bridgehead atoms. The van der Waals surface area contributed by atoms with Crippen LogP contribution in [0.25, 0.3) is 0 Å². The minimum Gasteiger partial charge on any atom is -0.352 e. The average Bonchev–Trinajstić information content (AvgIpc) is 2.69. The quantitative estimate of drug-likeness (QED) is 0.756. The zero-order valence-corrected chi connectivity index (χ0v) is 9.43. The van der Waals surface area contributed by atoms with Crippen LogP contribution in [-0.4, -0.2) is 41.5 Å². The molecule has 0 aromatic carbocycles. The van der Waals surface area contributed by atoms with Gasteiger partial charge in [0.05, 0.1) is 6.54 Å². The van der Waals surface area contributed by atoms with Gasteiger partial charge in [-0.1, -0.05) is 0 Å². The summed E-state index contributed by atoms with van der Waals surface area (Å²) in [4.78, 5) is 11.0. The van der Waals surface area contributed by atoms with E-state index in [1.165, 1.54) is 5.56 Å². The summed E-state index contributed by atoms with van der Waals surface area (Å²) in [5.74, 6) is 1.59. The van der Waals surface area contributed by atoms with Crippen molar-refractivity contribution in [3.8, 4) is 0 Å². The number of hydrogen-bond acceptors (Lipinski definition) is 4. The Morgan fingerprint density at radius 2 is 2.12 bits per heavy atom. The van der Waals surface area contributed by atoms with Crippen molar-refractivity contribution in [3.63, 3.8) is 0 Å². The van der Waals surface area contributed by atoms with Gasteiger partial charge < -0.3 is 10.2 Å². The maximum Gasteiger partial charge on any atom is 0.194 e. The molecule has 0 spiro atoms. The number of hydrogen-bond donors (Lipinski definition) is 1. The number of guanidine groups is 1. The van der Waals surface area contributed by atoms with Crippen molar-refractivity contribution in [1.29, 1.82) is 0 Å². The van der Waals surface area contributed by atoms with E-state index in [9.17, 15) is 0 Å². The molecule has 2 atom stereocenters. The molecule has 16 heavy (non-hydrogen) atoms. The van der Waals surface area contributed by atoms with Crippen LogP contribution in [0.15, 0.2) is 29.5 Å². The average molecular weight is 216 g/mol. The van der Waals surface area contributed by atoms with Gasteiger partial charge in [0.2, 0.25) is 0 Å². The highest BCUT2D eigenvalue weighted by Crippen LogP contribution is 2.22. The molecule has 0 amide bonds. The topological polar surface area (TPSA) is 40.5 Å². The van der Waals surface area contributed by atoms with E-state index in [-0.39, 0.29) is 0 Å². The summed E-state index contributed by atoms with van der Waals surface area (Å²) in [5, 5.41) is 3.39. The molecular formula is C12H16N4. The second-order valence-electron chi connectivity index (χ2n) is 4.59. The lowest BCUT2D eigenvalue weighted by Crippen LogP contribution is -2.38. The third kappa shape index (κ3) is 1.64. The van der Waals surface area contributed by atoms with Crippen LogP contribution < -0.4 is 5.32 Å². The lowest BCUT2D eigenvalue weighted by atomic mass is 9.99. The highest BCUT2D eigenvalue weighted by Gasteiger charge is 2.30. The van der Waals surface area contributed by atoms with Crippen LogP contribution in [0.3, 0.4) is 0 Å². The van der Waals surface area contributed by atoms with Gasteiger partial charge in [-0.05, 0) is 24.6 Å². The summed E-state index contributed by atoms with van der Waals surface area (Å²) in [6.07, 6.45) is 3.72. The van der Waals surface area contributed by atoms with E-state index in [2.05, 4.69) is 39.2 Å². The van der Waals surface area contributed by atoms with Crippen LogP contribution in [0.4, 0.5) is 0 Å². The van der Waals surface area contributed by atoms with E-state index in [4.69, 9.17) is 0 Å². The van der Waals surface area contributed by atoms with E-state index in [1.54, 1.807) is 0 Å². The third-order valence-corrected chi connectivity index (χ3v) is 3.25. The molecule has 2 unspecified atom stereocenters. The first-order valence-electron chi connectivity index (χ1n) is 5.79. The Hall–Kier alpha value is -1.58. The molecule has 1 aromatic heterocycles. The summed E-state index contributed by atoms with van der Waals surface area (Å²) in [6, 6.07) is 4.71. The molecule has 1 saturated heterocycles. The van der Waals surface area contributed by atoms with Crippen LogP contribution in [0, 0.1) is 0 Å². The number of rotatable bonds is 1. The van der Waals surface area contributed by atoms with Gasteiger partial charge in [0.15, 0.2) is 5.96 Å². The number of fused-ring (bicyclic) bond motifs is 1. The van der Waals surface area contributed by atoms with Gasteiger partial charge >= 0.3 is 0 Å². The van der Waals surface area contributed by atoms with Gasteiger partial charge in [0.1, 0.15) is 0 Å². The van der Waals surface area contributed by atoms with Gasteiger partial charge in [-0.15, -0.1) is 0 Å². The predicted molar refractivity (Wildman–Crippen MR) is 63.5 cm³/mol. The zero-order chi connectivity index (χ0) is 11.0. The fourth-order valence-corrected chi connectivity index (χ4v) is 2.45. The monoisotopic (exact) mass is 216 g/mol. The molecule has 4 heteroatoms. The number of aliphatic imine (C=N–C) groups is 1. The Morgan fingerprint density at radius 1 is 1.31 bits per heavy atom. The van der Waals surface area contributed by atoms with Crippen LogP contribution in [0.2, 0.25) is 0 Å². The van der Waals surface area contributed by atoms with E-state index < -0.39 is 0 Å². The molecule has 4 nitrogen and oxygen atoms in total. The minimum atomic E-state index is 0.513. The largest absolute Gasteiger partial charge is 0.352 e. The summed E-state index contributed by atoms with van der Waals surface area (Å²) >= 11 is 0. The Labute approximate surface area is 95.4 Å². The molecule has 3 rings (SSSR count). The highest BCUT2D eigenvalue weighted by atomic mass is 15.4. The smallest absolute Gasteiger partial charge is 0.194 e. The number of pyridine rings is 1. The SMILES string of the molecule is CC1CN2CC(c3ccncc3)CN=C2N1. The number of nitrogens with zero attached hydrogens (tertiary/aromatic N) is 3. The lowest BCUT2D eigenvalue weighted by molar-refractivity contribution is 0.386. The first-order chi connectivity index (χ1) is 7.83. The summed E-state index contributed by atoms with van der Waals surface area (Å²) < 4.78 is 0. The van der Waals surface area contributed by atoms with E-state index in [0.717, 1.165) is 25.6 Å². The van der Waals surface area contributed by atoms with Crippen molar-refractivity contribution in [2.24, 2.45) is 4.99 Å². The fourth-order valence-electron chi connectivity index (χ4n) is 2.45. The van der Waals surface area contributed by atoms with E-state index in [0.29, 0.717) is 12.0 Å². The number of nitrogens with one attached hydrogen (secondary N) is 1. The molecular weight excluding hydrogens is 200 g/mol. The molecule has 84 valence electrons. The molecule has 1 aromatic rings. The molecule has 1 N–H and O–H groups in total. The van der Waals surface area contributed by atoms with Gasteiger partial charge in [-0.2, -0.15) is 0 Å². The molecule has 3 heterocycles. The van der Waals surface area contributed by atoms with Crippen molar-refractivity contribution in [2.75, 3.05) is 19.6 Å². The summed E-state index contributed by atoms with van der Waals surface area (Å²) in [7, 11) is 0. The third-order valence-electron chi connectivity index (χ3n) is 3.25. The van der Waals surface area contributed by atoms with Crippen LogP contribution in [0.1, 0.15) is 18.4 Å². The van der Waals surface area contributed by atoms with Crippen molar-refractivity contribution in [2.45, 2.75) is 18.9 Å². The number of aromatic nitrogens is 1. The molecule has 2 aliphatic rings. The van der Waals surface area contributed by atoms with Gasteiger partial charge in [0, 0.05) is 37.4 Å². The van der Waals surface area contributed by atoms with Crippen LogP contribution in [-0.2, 0) is 0 Å². The molecule has 2 aliphatic heterocycles. The van der Waals surface area contributed by atoms with E-state index in [1.807, 2.05) is 12.4 Å². The molecule has 0 aliphatic carbocycles. The highest BCUT2D eigenvalue weighted by molar-refractivity contribution is 5.83. The van der Waals surface area contributed by atoms with Crippen LogP contribution in [0.5, 0.6) is 0 Å². The fraction of sp³-hybridized carbons (Fsp3) is 0.500. The van der Waals surface area contributed by atoms with E-state index >= 15 is 0 Å². The van der Waals surface area contributed by atoms with Crippen LogP contribution >= 0.6 is 0 Å². The van der Waals surface area contributed by atoms with Crippen molar-refractivity contribution < 1.29 is 0 Å². The summed E-state index contributed by atoms with van der Waals surface area (Å²) in [6.45, 7) is 5.22. The normalized spacial score (nSPS) is 28.3.